The third kappa shape index (κ3) is 2.25. The first-order chi connectivity index (χ1) is 8.63. The standard InChI is InChI=1S/C13H16N2O3/c1-9-4-5-10(2)15(9)14-8-11-6-7-18-12(11)13(16)17-3/h4-7,14H,8H2,1-3H3. The van der Waals surface area contributed by atoms with Crippen molar-refractivity contribution in [1.82, 2.24) is 4.68 Å². The van der Waals surface area contributed by atoms with E-state index in [0.29, 0.717) is 6.54 Å². The second-order valence-electron chi connectivity index (χ2n) is 4.05. The van der Waals surface area contributed by atoms with Gasteiger partial charge in [0, 0.05) is 17.0 Å². The highest BCUT2D eigenvalue weighted by Gasteiger charge is 2.15. The first-order valence-electron chi connectivity index (χ1n) is 5.67. The van der Waals surface area contributed by atoms with Crippen molar-refractivity contribution in [2.75, 3.05) is 12.5 Å². The lowest BCUT2D eigenvalue weighted by Gasteiger charge is -2.12. The number of esters is 1. The van der Waals surface area contributed by atoms with E-state index in [1.54, 1.807) is 6.07 Å². The number of aryl methyl sites for hydroxylation is 2. The average molecular weight is 248 g/mol. The van der Waals surface area contributed by atoms with E-state index in [1.807, 2.05) is 30.7 Å². The highest BCUT2D eigenvalue weighted by atomic mass is 16.5. The molecule has 0 aliphatic heterocycles. The Morgan fingerprint density at radius 1 is 1.33 bits per heavy atom. The number of methoxy groups -OCH3 is 1. The number of aromatic nitrogens is 1. The Hall–Kier alpha value is -2.17. The summed E-state index contributed by atoms with van der Waals surface area (Å²) in [5.41, 5.74) is 6.22. The Balaban J connectivity index is 2.12. The molecule has 0 unspecified atom stereocenters. The Labute approximate surface area is 105 Å². The molecule has 5 nitrogen and oxygen atoms in total. The SMILES string of the molecule is COC(=O)c1occc1CNn1c(C)ccc1C. The van der Waals surface area contributed by atoms with Crippen LogP contribution in [0.15, 0.2) is 28.9 Å². The minimum absolute atomic E-state index is 0.243. The fourth-order valence-electron chi connectivity index (χ4n) is 1.83. The van der Waals surface area contributed by atoms with Crippen LogP contribution in [0.1, 0.15) is 27.5 Å². The molecule has 2 aromatic rings. The van der Waals surface area contributed by atoms with Gasteiger partial charge in [0.2, 0.25) is 5.76 Å². The predicted octanol–water partition coefficient (Wildman–Crippen LogP) is 2.23. The average Bonchev–Trinajstić information content (AvgIpc) is 2.94. The number of rotatable bonds is 4. The van der Waals surface area contributed by atoms with E-state index in [1.165, 1.54) is 13.4 Å². The van der Waals surface area contributed by atoms with Gasteiger partial charge in [-0.05, 0) is 32.0 Å². The molecule has 2 heterocycles. The molecule has 0 saturated heterocycles. The van der Waals surface area contributed by atoms with Gasteiger partial charge in [-0.25, -0.2) is 4.79 Å². The molecule has 5 heteroatoms. The minimum atomic E-state index is -0.460. The molecule has 0 spiro atoms. The molecular formula is C13H16N2O3. The maximum Gasteiger partial charge on any atom is 0.374 e. The summed E-state index contributed by atoms with van der Waals surface area (Å²) in [5.74, 6) is -0.217. The number of hydrogen-bond acceptors (Lipinski definition) is 4. The zero-order valence-electron chi connectivity index (χ0n) is 10.7. The van der Waals surface area contributed by atoms with Crippen LogP contribution in [0, 0.1) is 13.8 Å². The van der Waals surface area contributed by atoms with Crippen LogP contribution in [0.4, 0.5) is 0 Å². The third-order valence-electron chi connectivity index (χ3n) is 2.82. The van der Waals surface area contributed by atoms with E-state index in [2.05, 4.69) is 10.2 Å². The molecule has 0 saturated carbocycles. The van der Waals surface area contributed by atoms with Crippen LogP contribution in [-0.4, -0.2) is 17.8 Å². The fourth-order valence-corrected chi connectivity index (χ4v) is 1.83. The van der Waals surface area contributed by atoms with Gasteiger partial charge < -0.3 is 14.6 Å². The number of nitrogens with zero attached hydrogens (tertiary/aromatic N) is 1. The van der Waals surface area contributed by atoms with Crippen molar-refractivity contribution in [3.05, 3.63) is 47.2 Å². The van der Waals surface area contributed by atoms with Gasteiger partial charge in [-0.15, -0.1) is 0 Å². The summed E-state index contributed by atoms with van der Waals surface area (Å²) in [7, 11) is 1.34. The summed E-state index contributed by atoms with van der Waals surface area (Å²) < 4.78 is 11.7. The van der Waals surface area contributed by atoms with Gasteiger partial charge in [-0.2, -0.15) is 0 Å². The molecule has 0 radical (unpaired) electrons. The summed E-state index contributed by atoms with van der Waals surface area (Å²) in [5, 5.41) is 0. The summed E-state index contributed by atoms with van der Waals surface area (Å²) in [6.07, 6.45) is 1.48. The Bertz CT molecular complexity index is 535. The van der Waals surface area contributed by atoms with E-state index in [4.69, 9.17) is 4.42 Å². The smallest absolute Gasteiger partial charge is 0.374 e. The summed E-state index contributed by atoms with van der Waals surface area (Å²) in [6, 6.07) is 5.81. The van der Waals surface area contributed by atoms with Crippen LogP contribution in [0.25, 0.3) is 0 Å². The van der Waals surface area contributed by atoms with E-state index < -0.39 is 5.97 Å². The van der Waals surface area contributed by atoms with Gasteiger partial charge in [0.25, 0.3) is 0 Å². The molecule has 0 bridgehead atoms. The van der Waals surface area contributed by atoms with Crippen LogP contribution in [0.3, 0.4) is 0 Å². The maximum absolute atomic E-state index is 11.4. The van der Waals surface area contributed by atoms with Crippen molar-refractivity contribution >= 4 is 5.97 Å². The summed E-state index contributed by atoms with van der Waals surface area (Å²) >= 11 is 0. The molecule has 96 valence electrons. The monoisotopic (exact) mass is 248 g/mol. The van der Waals surface area contributed by atoms with Crippen LogP contribution >= 0.6 is 0 Å². The van der Waals surface area contributed by atoms with Crippen LogP contribution in [0.2, 0.25) is 0 Å². The minimum Gasteiger partial charge on any atom is -0.463 e. The largest absolute Gasteiger partial charge is 0.463 e. The van der Waals surface area contributed by atoms with E-state index in [-0.39, 0.29) is 5.76 Å². The van der Waals surface area contributed by atoms with E-state index in [0.717, 1.165) is 17.0 Å². The van der Waals surface area contributed by atoms with Crippen molar-refractivity contribution in [2.24, 2.45) is 0 Å². The van der Waals surface area contributed by atoms with Crippen molar-refractivity contribution in [3.8, 4) is 0 Å². The lowest BCUT2D eigenvalue weighted by atomic mass is 10.2. The molecule has 0 aromatic carbocycles. The number of hydrogen-bond donors (Lipinski definition) is 1. The molecule has 2 aromatic heterocycles. The Morgan fingerprint density at radius 3 is 2.61 bits per heavy atom. The second kappa shape index (κ2) is 5.00. The van der Waals surface area contributed by atoms with Gasteiger partial charge >= 0.3 is 5.97 Å². The molecule has 0 atom stereocenters. The van der Waals surface area contributed by atoms with Gasteiger partial charge in [0.05, 0.1) is 19.9 Å². The Morgan fingerprint density at radius 2 is 2.00 bits per heavy atom. The highest BCUT2D eigenvalue weighted by molar-refractivity contribution is 5.87. The van der Waals surface area contributed by atoms with Crippen molar-refractivity contribution in [1.29, 1.82) is 0 Å². The quantitative estimate of drug-likeness (QED) is 0.843. The van der Waals surface area contributed by atoms with Crippen LogP contribution in [-0.2, 0) is 11.3 Å². The number of carbonyl (C=O) groups excluding carboxylic acids is 1. The first-order valence-corrected chi connectivity index (χ1v) is 5.67. The number of nitrogens with one attached hydrogen (secondary N) is 1. The van der Waals surface area contributed by atoms with E-state index in [9.17, 15) is 4.79 Å². The zero-order valence-corrected chi connectivity index (χ0v) is 10.7. The van der Waals surface area contributed by atoms with Crippen LogP contribution < -0.4 is 5.43 Å². The number of furan rings is 1. The lowest BCUT2D eigenvalue weighted by Crippen LogP contribution is -2.18. The zero-order chi connectivity index (χ0) is 13.1. The third-order valence-corrected chi connectivity index (χ3v) is 2.82. The summed E-state index contributed by atoms with van der Waals surface area (Å²) in [6.45, 7) is 4.52. The second-order valence-corrected chi connectivity index (χ2v) is 4.05. The normalized spacial score (nSPS) is 10.4. The van der Waals surface area contributed by atoms with Gasteiger partial charge in [0.1, 0.15) is 0 Å². The molecule has 2 rings (SSSR count). The highest BCUT2D eigenvalue weighted by Crippen LogP contribution is 2.13. The Kier molecular flexibility index (Phi) is 3.41. The van der Waals surface area contributed by atoms with Crippen molar-refractivity contribution in [3.63, 3.8) is 0 Å². The molecular weight excluding hydrogens is 232 g/mol. The molecule has 1 N–H and O–H groups in total. The number of ether oxygens (including phenoxy) is 1. The molecule has 0 aliphatic rings. The predicted molar refractivity (Wildman–Crippen MR) is 67.0 cm³/mol. The topological polar surface area (TPSA) is 56.4 Å². The molecule has 0 amide bonds. The van der Waals surface area contributed by atoms with Crippen LogP contribution in [0.5, 0.6) is 0 Å². The van der Waals surface area contributed by atoms with Crippen molar-refractivity contribution in [2.45, 2.75) is 20.4 Å². The van der Waals surface area contributed by atoms with E-state index >= 15 is 0 Å². The van der Waals surface area contributed by atoms with Crippen molar-refractivity contribution < 1.29 is 13.9 Å². The summed E-state index contributed by atoms with van der Waals surface area (Å²) in [4.78, 5) is 11.4. The lowest BCUT2D eigenvalue weighted by molar-refractivity contribution is 0.0563. The first kappa shape index (κ1) is 12.3. The van der Waals surface area contributed by atoms with Gasteiger partial charge in [0.15, 0.2) is 0 Å². The number of carbonyl (C=O) groups is 1. The molecule has 0 fully saturated rings. The maximum atomic E-state index is 11.4. The fraction of sp³-hybridized carbons (Fsp3) is 0.308. The molecule has 0 aliphatic carbocycles. The molecule has 18 heavy (non-hydrogen) atoms. The van der Waals surface area contributed by atoms with Gasteiger partial charge in [-0.1, -0.05) is 0 Å². The van der Waals surface area contributed by atoms with Gasteiger partial charge in [-0.3, -0.25) is 4.68 Å².